The van der Waals surface area contributed by atoms with E-state index in [2.05, 4.69) is 15.3 Å². The molecule has 0 aromatic carbocycles. The maximum atomic E-state index is 5.49. The normalized spacial score (nSPS) is 9.55. The van der Waals surface area contributed by atoms with Gasteiger partial charge in [-0.2, -0.15) is 9.97 Å². The van der Waals surface area contributed by atoms with E-state index in [1.54, 1.807) is 7.05 Å². The molecule has 1 aromatic heterocycles. The Hall–Kier alpha value is -1.72. The molecule has 1 heterocycles. The largest absolute Gasteiger partial charge is 0.393 e. The zero-order chi connectivity index (χ0) is 8.43. The van der Waals surface area contributed by atoms with E-state index >= 15 is 0 Å². The molecule has 0 unspecified atom stereocenters. The highest BCUT2D eigenvalue weighted by Crippen LogP contribution is 2.20. The SMILES string of the molecule is CNc1nc(N)nc(N)c1N. The number of hydrogen-bond donors (Lipinski definition) is 4. The van der Waals surface area contributed by atoms with Crippen LogP contribution in [0.15, 0.2) is 0 Å². The maximum Gasteiger partial charge on any atom is 0.224 e. The molecule has 6 nitrogen and oxygen atoms in total. The van der Waals surface area contributed by atoms with E-state index in [0.717, 1.165) is 0 Å². The molecule has 0 aliphatic carbocycles. The number of nitrogens with two attached hydrogens (primary N) is 3. The number of aromatic nitrogens is 2. The van der Waals surface area contributed by atoms with Crippen LogP contribution in [0.3, 0.4) is 0 Å². The zero-order valence-corrected chi connectivity index (χ0v) is 6.13. The van der Waals surface area contributed by atoms with Crippen molar-refractivity contribution in [1.29, 1.82) is 0 Å². The lowest BCUT2D eigenvalue weighted by Gasteiger charge is -2.05. The smallest absolute Gasteiger partial charge is 0.224 e. The second-order valence-corrected chi connectivity index (χ2v) is 1.98. The van der Waals surface area contributed by atoms with E-state index < -0.39 is 0 Å². The van der Waals surface area contributed by atoms with Crippen LogP contribution in [0.4, 0.5) is 23.3 Å². The van der Waals surface area contributed by atoms with Crippen molar-refractivity contribution in [2.45, 2.75) is 0 Å². The van der Waals surface area contributed by atoms with Crippen LogP contribution in [0.5, 0.6) is 0 Å². The number of anilines is 4. The van der Waals surface area contributed by atoms with Crippen molar-refractivity contribution >= 4 is 23.3 Å². The quantitative estimate of drug-likeness (QED) is 0.423. The first-order chi connectivity index (χ1) is 5.15. The molecule has 1 aromatic rings. The van der Waals surface area contributed by atoms with Crippen LogP contribution in [0.1, 0.15) is 0 Å². The minimum atomic E-state index is 0.112. The van der Waals surface area contributed by atoms with Crippen molar-refractivity contribution in [1.82, 2.24) is 9.97 Å². The van der Waals surface area contributed by atoms with Gasteiger partial charge >= 0.3 is 0 Å². The maximum absolute atomic E-state index is 5.49. The van der Waals surface area contributed by atoms with Crippen molar-refractivity contribution in [3.8, 4) is 0 Å². The van der Waals surface area contributed by atoms with Gasteiger partial charge in [-0.25, -0.2) is 0 Å². The summed E-state index contributed by atoms with van der Waals surface area (Å²) in [6.07, 6.45) is 0. The van der Waals surface area contributed by atoms with Gasteiger partial charge in [0, 0.05) is 7.05 Å². The number of nitrogens with one attached hydrogen (secondary N) is 1. The van der Waals surface area contributed by atoms with E-state index in [0.29, 0.717) is 11.5 Å². The second kappa shape index (κ2) is 2.49. The fourth-order valence-corrected chi connectivity index (χ4v) is 0.695. The van der Waals surface area contributed by atoms with Gasteiger partial charge in [-0.1, -0.05) is 0 Å². The molecule has 6 heteroatoms. The van der Waals surface area contributed by atoms with Crippen LogP contribution < -0.4 is 22.5 Å². The number of rotatable bonds is 1. The summed E-state index contributed by atoms with van der Waals surface area (Å²) in [6.45, 7) is 0. The lowest BCUT2D eigenvalue weighted by Crippen LogP contribution is -2.07. The van der Waals surface area contributed by atoms with Crippen LogP contribution in [0, 0.1) is 0 Å². The van der Waals surface area contributed by atoms with Crippen molar-refractivity contribution in [2.24, 2.45) is 0 Å². The lowest BCUT2D eigenvalue weighted by molar-refractivity contribution is 1.19. The molecule has 0 radical (unpaired) electrons. The summed E-state index contributed by atoms with van der Waals surface area (Å²) in [5, 5.41) is 2.74. The first-order valence-corrected chi connectivity index (χ1v) is 3.01. The van der Waals surface area contributed by atoms with Crippen LogP contribution in [-0.4, -0.2) is 17.0 Å². The molecule has 0 atom stereocenters. The number of nitrogens with zero attached hydrogens (tertiary/aromatic N) is 2. The van der Waals surface area contributed by atoms with Crippen LogP contribution in [-0.2, 0) is 0 Å². The molecular weight excluding hydrogens is 144 g/mol. The van der Waals surface area contributed by atoms with E-state index in [1.165, 1.54) is 0 Å². The van der Waals surface area contributed by atoms with Gasteiger partial charge in [-0.3, -0.25) is 0 Å². The summed E-state index contributed by atoms with van der Waals surface area (Å²) in [5.74, 6) is 0.762. The van der Waals surface area contributed by atoms with Gasteiger partial charge < -0.3 is 22.5 Å². The molecule has 0 fully saturated rings. The van der Waals surface area contributed by atoms with Crippen molar-refractivity contribution in [3.05, 3.63) is 0 Å². The molecule has 1 rings (SSSR count). The average molecular weight is 154 g/mol. The summed E-state index contributed by atoms with van der Waals surface area (Å²) >= 11 is 0. The number of hydrogen-bond acceptors (Lipinski definition) is 6. The van der Waals surface area contributed by atoms with Crippen LogP contribution in [0.2, 0.25) is 0 Å². The summed E-state index contributed by atoms with van der Waals surface area (Å²) in [7, 11) is 1.68. The molecule has 0 aliphatic rings. The van der Waals surface area contributed by atoms with Gasteiger partial charge in [0.15, 0.2) is 11.6 Å². The molecule has 0 saturated carbocycles. The van der Waals surface area contributed by atoms with Crippen LogP contribution >= 0.6 is 0 Å². The molecule has 0 spiro atoms. The summed E-state index contributed by atoms with van der Waals surface area (Å²) in [4.78, 5) is 7.46. The Balaban J connectivity index is 3.24. The summed E-state index contributed by atoms with van der Waals surface area (Å²) < 4.78 is 0. The lowest BCUT2D eigenvalue weighted by atomic mass is 10.4. The highest BCUT2D eigenvalue weighted by Gasteiger charge is 2.04. The fraction of sp³-hybridized carbons (Fsp3) is 0.200. The minimum absolute atomic E-state index is 0.112. The van der Waals surface area contributed by atoms with E-state index in [4.69, 9.17) is 17.2 Å². The molecular formula is C5H10N6. The van der Waals surface area contributed by atoms with Gasteiger partial charge in [0.05, 0.1) is 0 Å². The standard InChI is InChI=1S/C5H10N6/c1-9-4-2(6)3(7)10-5(8)11-4/h6H2,1H3,(H5,7,8,9,10,11). The van der Waals surface area contributed by atoms with Gasteiger partial charge in [0.2, 0.25) is 5.95 Å². The first kappa shape index (κ1) is 7.39. The molecule has 60 valence electrons. The van der Waals surface area contributed by atoms with E-state index in [-0.39, 0.29) is 11.8 Å². The average Bonchev–Trinajstić information content (AvgIpc) is 1.96. The summed E-state index contributed by atoms with van der Waals surface area (Å²) in [6, 6.07) is 0. The highest BCUT2D eigenvalue weighted by atomic mass is 15.1. The van der Waals surface area contributed by atoms with E-state index in [1.807, 2.05) is 0 Å². The summed E-state index contributed by atoms with van der Waals surface area (Å²) in [5.41, 5.74) is 16.5. The fourth-order valence-electron chi connectivity index (χ4n) is 0.695. The van der Waals surface area contributed by atoms with Gasteiger partial charge in [0.1, 0.15) is 5.69 Å². The Labute approximate surface area is 63.8 Å². The number of nitrogen functional groups attached to an aromatic ring is 3. The molecule has 11 heavy (non-hydrogen) atoms. The van der Waals surface area contributed by atoms with E-state index in [9.17, 15) is 0 Å². The first-order valence-electron chi connectivity index (χ1n) is 3.01. The third-order valence-electron chi connectivity index (χ3n) is 1.23. The molecule has 0 aliphatic heterocycles. The van der Waals surface area contributed by atoms with Gasteiger partial charge in [0.25, 0.3) is 0 Å². The Morgan fingerprint density at radius 2 is 1.82 bits per heavy atom. The van der Waals surface area contributed by atoms with Gasteiger partial charge in [-0.05, 0) is 0 Å². The molecule has 7 N–H and O–H groups in total. The Morgan fingerprint density at radius 3 is 2.36 bits per heavy atom. The topological polar surface area (TPSA) is 116 Å². The Bertz CT molecular complexity index is 270. The Morgan fingerprint density at radius 1 is 1.18 bits per heavy atom. The van der Waals surface area contributed by atoms with Crippen molar-refractivity contribution in [3.63, 3.8) is 0 Å². The van der Waals surface area contributed by atoms with Gasteiger partial charge in [-0.15, -0.1) is 0 Å². The Kier molecular flexibility index (Phi) is 1.67. The zero-order valence-electron chi connectivity index (χ0n) is 6.13. The monoisotopic (exact) mass is 154 g/mol. The highest BCUT2D eigenvalue weighted by molar-refractivity contribution is 5.73. The third-order valence-corrected chi connectivity index (χ3v) is 1.23. The third kappa shape index (κ3) is 1.23. The molecule has 0 bridgehead atoms. The molecule has 0 amide bonds. The minimum Gasteiger partial charge on any atom is -0.393 e. The second-order valence-electron chi connectivity index (χ2n) is 1.98. The van der Waals surface area contributed by atoms with Crippen molar-refractivity contribution in [2.75, 3.05) is 29.6 Å². The van der Waals surface area contributed by atoms with Crippen molar-refractivity contribution < 1.29 is 0 Å². The molecule has 0 saturated heterocycles. The predicted molar refractivity (Wildman–Crippen MR) is 44.8 cm³/mol. The van der Waals surface area contributed by atoms with Crippen LogP contribution in [0.25, 0.3) is 0 Å². The predicted octanol–water partition coefficient (Wildman–Crippen LogP) is -0.735.